The van der Waals surface area contributed by atoms with Gasteiger partial charge in [0.25, 0.3) is 5.91 Å². The molecule has 0 bridgehead atoms. The summed E-state index contributed by atoms with van der Waals surface area (Å²) in [5.74, 6) is -0.0804. The largest absolute Gasteiger partial charge is 0.322 e. The summed E-state index contributed by atoms with van der Waals surface area (Å²) >= 11 is 2.25. The van der Waals surface area contributed by atoms with Crippen molar-refractivity contribution in [1.82, 2.24) is 0 Å². The van der Waals surface area contributed by atoms with E-state index in [1.54, 1.807) is 0 Å². The molecule has 1 amide bonds. The molecule has 3 aromatic carbocycles. The zero-order chi connectivity index (χ0) is 14.8. The molecule has 0 unspecified atom stereocenters. The highest BCUT2D eigenvalue weighted by molar-refractivity contribution is 14.1. The molecule has 21 heavy (non-hydrogen) atoms. The van der Waals surface area contributed by atoms with Gasteiger partial charge in [-0.15, -0.1) is 0 Å². The molecular weight excluding hydrogens is 373 g/mol. The topological polar surface area (TPSA) is 29.1 Å². The van der Waals surface area contributed by atoms with Crippen molar-refractivity contribution in [3.8, 4) is 0 Å². The van der Waals surface area contributed by atoms with E-state index in [2.05, 4.69) is 34.0 Å². The standard InChI is InChI=1S/C18H14INO/c1-12-6-7-15(11-17(12)19)18(21)20-16-9-8-13-4-2-3-5-14(13)10-16/h2-11H,1H3,(H,20,21). The predicted molar refractivity (Wildman–Crippen MR) is 95.8 cm³/mol. The highest BCUT2D eigenvalue weighted by atomic mass is 127. The van der Waals surface area contributed by atoms with Gasteiger partial charge in [0.1, 0.15) is 0 Å². The van der Waals surface area contributed by atoms with E-state index in [0.717, 1.165) is 14.6 Å². The minimum Gasteiger partial charge on any atom is -0.322 e. The second kappa shape index (κ2) is 5.85. The Balaban J connectivity index is 1.87. The monoisotopic (exact) mass is 387 g/mol. The van der Waals surface area contributed by atoms with Crippen molar-refractivity contribution >= 4 is 45.0 Å². The van der Waals surface area contributed by atoms with Crippen LogP contribution in [0.5, 0.6) is 0 Å². The van der Waals surface area contributed by atoms with E-state index in [1.165, 1.54) is 10.9 Å². The molecule has 0 aliphatic rings. The zero-order valence-electron chi connectivity index (χ0n) is 11.6. The van der Waals surface area contributed by atoms with E-state index in [1.807, 2.05) is 61.5 Å². The summed E-state index contributed by atoms with van der Waals surface area (Å²) in [4.78, 5) is 12.3. The summed E-state index contributed by atoms with van der Waals surface area (Å²) in [5, 5.41) is 5.24. The Kier molecular flexibility index (Phi) is 3.92. The van der Waals surface area contributed by atoms with Gasteiger partial charge in [-0.3, -0.25) is 4.79 Å². The van der Waals surface area contributed by atoms with Crippen molar-refractivity contribution in [3.05, 3.63) is 75.4 Å². The molecular formula is C18H14INO. The Bertz CT molecular complexity index is 826. The molecule has 3 heteroatoms. The Morgan fingerprint density at radius 2 is 1.71 bits per heavy atom. The quantitative estimate of drug-likeness (QED) is 0.616. The number of benzene rings is 3. The van der Waals surface area contributed by atoms with Crippen LogP contribution in [-0.4, -0.2) is 5.91 Å². The van der Waals surface area contributed by atoms with Crippen LogP contribution in [0.3, 0.4) is 0 Å². The third-order valence-electron chi connectivity index (χ3n) is 3.44. The fraction of sp³-hybridized carbons (Fsp3) is 0.0556. The van der Waals surface area contributed by atoms with Crippen LogP contribution in [0.1, 0.15) is 15.9 Å². The van der Waals surface area contributed by atoms with E-state index < -0.39 is 0 Å². The highest BCUT2D eigenvalue weighted by Gasteiger charge is 2.08. The van der Waals surface area contributed by atoms with Crippen LogP contribution in [0.4, 0.5) is 5.69 Å². The lowest BCUT2D eigenvalue weighted by Gasteiger charge is -2.08. The summed E-state index contributed by atoms with van der Waals surface area (Å²) in [7, 11) is 0. The normalized spacial score (nSPS) is 10.6. The lowest BCUT2D eigenvalue weighted by atomic mass is 10.1. The Morgan fingerprint density at radius 1 is 0.952 bits per heavy atom. The zero-order valence-corrected chi connectivity index (χ0v) is 13.7. The Labute approximate surface area is 137 Å². The molecule has 0 aromatic heterocycles. The second-order valence-electron chi connectivity index (χ2n) is 4.98. The molecule has 0 aliphatic heterocycles. The van der Waals surface area contributed by atoms with Gasteiger partial charge in [-0.25, -0.2) is 0 Å². The summed E-state index contributed by atoms with van der Waals surface area (Å²) in [6.07, 6.45) is 0. The number of rotatable bonds is 2. The highest BCUT2D eigenvalue weighted by Crippen LogP contribution is 2.20. The average molecular weight is 387 g/mol. The van der Waals surface area contributed by atoms with E-state index in [9.17, 15) is 4.79 Å². The molecule has 0 spiro atoms. The van der Waals surface area contributed by atoms with Crippen molar-refractivity contribution in [1.29, 1.82) is 0 Å². The number of aryl methyl sites for hydroxylation is 1. The predicted octanol–water partition coefficient (Wildman–Crippen LogP) is 5.01. The SMILES string of the molecule is Cc1ccc(C(=O)Nc2ccc3ccccc3c2)cc1I. The van der Waals surface area contributed by atoms with Gasteiger partial charge in [0.2, 0.25) is 0 Å². The van der Waals surface area contributed by atoms with Crippen LogP contribution >= 0.6 is 22.6 Å². The maximum atomic E-state index is 12.3. The molecule has 0 atom stereocenters. The van der Waals surface area contributed by atoms with Crippen LogP contribution in [0, 0.1) is 10.5 Å². The number of nitrogens with one attached hydrogen (secondary N) is 1. The summed E-state index contributed by atoms with van der Waals surface area (Å²) in [6, 6.07) is 19.8. The van der Waals surface area contributed by atoms with E-state index in [0.29, 0.717) is 5.56 Å². The van der Waals surface area contributed by atoms with Crippen molar-refractivity contribution in [2.45, 2.75) is 6.92 Å². The second-order valence-corrected chi connectivity index (χ2v) is 6.14. The van der Waals surface area contributed by atoms with Crippen molar-refractivity contribution in [2.75, 3.05) is 5.32 Å². The Hall–Kier alpha value is -1.88. The first-order valence-corrected chi connectivity index (χ1v) is 7.78. The number of carbonyl (C=O) groups excluding carboxylic acids is 1. The van der Waals surface area contributed by atoms with Crippen LogP contribution < -0.4 is 5.32 Å². The maximum absolute atomic E-state index is 12.3. The van der Waals surface area contributed by atoms with Gasteiger partial charge in [-0.05, 0) is 70.1 Å². The molecule has 0 heterocycles. The lowest BCUT2D eigenvalue weighted by molar-refractivity contribution is 0.102. The number of halogens is 1. The average Bonchev–Trinajstić information content (AvgIpc) is 2.50. The molecule has 3 aromatic rings. The number of carbonyl (C=O) groups is 1. The lowest BCUT2D eigenvalue weighted by Crippen LogP contribution is -2.12. The van der Waals surface area contributed by atoms with Crippen LogP contribution in [0.25, 0.3) is 10.8 Å². The molecule has 0 fully saturated rings. The number of amides is 1. The van der Waals surface area contributed by atoms with Gasteiger partial charge < -0.3 is 5.32 Å². The molecule has 0 saturated carbocycles. The van der Waals surface area contributed by atoms with Gasteiger partial charge in [-0.2, -0.15) is 0 Å². The molecule has 0 saturated heterocycles. The maximum Gasteiger partial charge on any atom is 0.255 e. The van der Waals surface area contributed by atoms with E-state index in [4.69, 9.17) is 0 Å². The number of fused-ring (bicyclic) bond motifs is 1. The number of hydrogen-bond acceptors (Lipinski definition) is 1. The van der Waals surface area contributed by atoms with E-state index in [-0.39, 0.29) is 5.91 Å². The first kappa shape index (κ1) is 14.1. The molecule has 3 rings (SSSR count). The van der Waals surface area contributed by atoms with Gasteiger partial charge in [0.05, 0.1) is 0 Å². The number of anilines is 1. The summed E-state index contributed by atoms with van der Waals surface area (Å²) in [6.45, 7) is 2.03. The van der Waals surface area contributed by atoms with Gasteiger partial charge in [-0.1, -0.05) is 36.4 Å². The van der Waals surface area contributed by atoms with Crippen LogP contribution in [0.2, 0.25) is 0 Å². The molecule has 0 radical (unpaired) electrons. The van der Waals surface area contributed by atoms with Gasteiger partial charge in [0, 0.05) is 14.8 Å². The Morgan fingerprint density at radius 3 is 2.48 bits per heavy atom. The van der Waals surface area contributed by atoms with Crippen LogP contribution in [-0.2, 0) is 0 Å². The van der Waals surface area contributed by atoms with Gasteiger partial charge in [0.15, 0.2) is 0 Å². The first-order chi connectivity index (χ1) is 10.1. The third kappa shape index (κ3) is 3.08. The third-order valence-corrected chi connectivity index (χ3v) is 4.60. The fourth-order valence-corrected chi connectivity index (χ4v) is 2.72. The fourth-order valence-electron chi connectivity index (χ4n) is 2.20. The van der Waals surface area contributed by atoms with Crippen molar-refractivity contribution in [3.63, 3.8) is 0 Å². The van der Waals surface area contributed by atoms with Crippen LogP contribution in [0.15, 0.2) is 60.7 Å². The first-order valence-electron chi connectivity index (χ1n) is 6.70. The number of hydrogen-bond donors (Lipinski definition) is 1. The summed E-state index contributed by atoms with van der Waals surface area (Å²) < 4.78 is 1.10. The van der Waals surface area contributed by atoms with E-state index >= 15 is 0 Å². The van der Waals surface area contributed by atoms with Gasteiger partial charge >= 0.3 is 0 Å². The summed E-state index contributed by atoms with van der Waals surface area (Å²) in [5.41, 5.74) is 2.67. The molecule has 104 valence electrons. The minimum atomic E-state index is -0.0804. The minimum absolute atomic E-state index is 0.0804. The molecule has 0 aliphatic carbocycles. The molecule has 2 nitrogen and oxygen atoms in total. The smallest absolute Gasteiger partial charge is 0.255 e. The van der Waals surface area contributed by atoms with Crippen molar-refractivity contribution in [2.24, 2.45) is 0 Å². The van der Waals surface area contributed by atoms with Crippen molar-refractivity contribution < 1.29 is 4.79 Å². The molecule has 1 N–H and O–H groups in total.